The van der Waals surface area contributed by atoms with Gasteiger partial charge in [0.1, 0.15) is 0 Å². The first-order valence-electron chi connectivity index (χ1n) is 9.26. The van der Waals surface area contributed by atoms with Crippen molar-refractivity contribution in [2.45, 2.75) is 31.7 Å². The SMILES string of the molecule is O=C(c1ccno1)N1CCc2c([nH]c3ccc(Cl)cc23)C1C1(C(=O)O)CCC1. The van der Waals surface area contributed by atoms with Gasteiger partial charge in [-0.05, 0) is 43.0 Å². The van der Waals surface area contributed by atoms with E-state index in [9.17, 15) is 14.7 Å². The lowest BCUT2D eigenvalue weighted by Crippen LogP contribution is -2.54. The summed E-state index contributed by atoms with van der Waals surface area (Å²) in [5.74, 6) is -1.09. The topological polar surface area (TPSA) is 99.4 Å². The van der Waals surface area contributed by atoms with Gasteiger partial charge in [-0.2, -0.15) is 0 Å². The summed E-state index contributed by atoms with van der Waals surface area (Å²) < 4.78 is 5.07. The number of aromatic amines is 1. The highest BCUT2D eigenvalue weighted by molar-refractivity contribution is 6.31. The normalized spacial score (nSPS) is 20.6. The number of nitrogens with zero attached hydrogens (tertiary/aromatic N) is 2. The number of amides is 1. The van der Waals surface area contributed by atoms with Gasteiger partial charge in [0.05, 0.1) is 17.7 Å². The molecule has 1 saturated carbocycles. The van der Waals surface area contributed by atoms with E-state index >= 15 is 0 Å². The maximum absolute atomic E-state index is 13.1. The zero-order chi connectivity index (χ0) is 19.5. The highest BCUT2D eigenvalue weighted by atomic mass is 35.5. The van der Waals surface area contributed by atoms with Crippen LogP contribution in [0.1, 0.15) is 47.1 Å². The number of benzene rings is 1. The second-order valence-electron chi connectivity index (χ2n) is 7.55. The third-order valence-electron chi connectivity index (χ3n) is 6.19. The van der Waals surface area contributed by atoms with Crippen LogP contribution in [0.15, 0.2) is 35.0 Å². The van der Waals surface area contributed by atoms with E-state index in [4.69, 9.17) is 16.1 Å². The molecule has 0 saturated heterocycles. The minimum absolute atomic E-state index is 0.118. The zero-order valence-corrected chi connectivity index (χ0v) is 15.7. The van der Waals surface area contributed by atoms with Crippen molar-refractivity contribution in [3.8, 4) is 0 Å². The van der Waals surface area contributed by atoms with Crippen molar-refractivity contribution in [2.24, 2.45) is 5.41 Å². The lowest BCUT2D eigenvalue weighted by molar-refractivity contribution is -0.161. The summed E-state index contributed by atoms with van der Waals surface area (Å²) in [6, 6.07) is 6.50. The summed E-state index contributed by atoms with van der Waals surface area (Å²) in [6.45, 7) is 0.408. The summed E-state index contributed by atoms with van der Waals surface area (Å²) in [4.78, 5) is 30.5. The average Bonchev–Trinajstić information content (AvgIpc) is 3.28. The molecule has 28 heavy (non-hydrogen) atoms. The van der Waals surface area contributed by atoms with Crippen molar-refractivity contribution in [1.82, 2.24) is 15.0 Å². The van der Waals surface area contributed by atoms with Crippen LogP contribution in [0.2, 0.25) is 5.02 Å². The molecule has 0 bridgehead atoms. The molecule has 1 aliphatic heterocycles. The number of fused-ring (bicyclic) bond motifs is 3. The Morgan fingerprint density at radius 2 is 2.14 bits per heavy atom. The molecule has 2 N–H and O–H groups in total. The monoisotopic (exact) mass is 399 g/mol. The van der Waals surface area contributed by atoms with Crippen molar-refractivity contribution in [1.29, 1.82) is 0 Å². The number of nitrogens with one attached hydrogen (secondary N) is 1. The minimum atomic E-state index is -1.00. The first-order chi connectivity index (χ1) is 13.5. The highest BCUT2D eigenvalue weighted by Gasteiger charge is 2.56. The predicted octanol–water partition coefficient (Wildman–Crippen LogP) is 3.80. The first kappa shape index (κ1) is 17.3. The quantitative estimate of drug-likeness (QED) is 0.697. The van der Waals surface area contributed by atoms with Gasteiger partial charge >= 0.3 is 5.97 Å². The molecule has 7 nitrogen and oxygen atoms in total. The fourth-order valence-corrected chi connectivity index (χ4v) is 4.86. The average molecular weight is 400 g/mol. The van der Waals surface area contributed by atoms with Gasteiger partial charge in [0.25, 0.3) is 5.91 Å². The number of hydrogen-bond acceptors (Lipinski definition) is 4. The summed E-state index contributed by atoms with van der Waals surface area (Å²) in [5.41, 5.74) is 1.72. The Hall–Kier alpha value is -2.80. The van der Waals surface area contributed by atoms with Crippen molar-refractivity contribution < 1.29 is 19.2 Å². The van der Waals surface area contributed by atoms with Gasteiger partial charge in [-0.15, -0.1) is 0 Å². The number of carbonyl (C=O) groups is 2. The second kappa shape index (κ2) is 6.10. The smallest absolute Gasteiger partial charge is 0.312 e. The van der Waals surface area contributed by atoms with Crippen LogP contribution < -0.4 is 0 Å². The maximum atomic E-state index is 13.1. The molecule has 1 atom stereocenters. The number of carbonyl (C=O) groups excluding carboxylic acids is 1. The van der Waals surface area contributed by atoms with Crippen molar-refractivity contribution >= 4 is 34.4 Å². The number of hydrogen-bond donors (Lipinski definition) is 2. The first-order valence-corrected chi connectivity index (χ1v) is 9.64. The largest absolute Gasteiger partial charge is 0.481 e. The van der Waals surface area contributed by atoms with Crippen LogP contribution in [0.3, 0.4) is 0 Å². The van der Waals surface area contributed by atoms with Crippen LogP contribution in [0.25, 0.3) is 10.9 Å². The van der Waals surface area contributed by atoms with E-state index in [1.807, 2.05) is 12.1 Å². The van der Waals surface area contributed by atoms with Gasteiger partial charge in [0.15, 0.2) is 0 Å². The van der Waals surface area contributed by atoms with Gasteiger partial charge in [-0.25, -0.2) is 0 Å². The van der Waals surface area contributed by atoms with Gasteiger partial charge in [0, 0.05) is 34.2 Å². The molecule has 5 rings (SSSR count). The molecular weight excluding hydrogens is 382 g/mol. The Kier molecular flexibility index (Phi) is 3.77. The second-order valence-corrected chi connectivity index (χ2v) is 7.99. The van der Waals surface area contributed by atoms with Crippen LogP contribution in [-0.4, -0.2) is 38.6 Å². The van der Waals surface area contributed by atoms with Gasteiger partial charge < -0.3 is 19.5 Å². The minimum Gasteiger partial charge on any atom is -0.481 e. The van der Waals surface area contributed by atoms with Crippen LogP contribution in [0.5, 0.6) is 0 Å². The Morgan fingerprint density at radius 3 is 2.79 bits per heavy atom. The number of rotatable bonds is 3. The summed E-state index contributed by atoms with van der Waals surface area (Å²) in [5, 5.41) is 15.3. The summed E-state index contributed by atoms with van der Waals surface area (Å²) in [7, 11) is 0. The van der Waals surface area contributed by atoms with Gasteiger partial charge in [0.2, 0.25) is 5.76 Å². The zero-order valence-electron chi connectivity index (χ0n) is 14.9. The molecule has 1 amide bonds. The molecule has 1 fully saturated rings. The molecule has 0 spiro atoms. The van der Waals surface area contributed by atoms with Crippen LogP contribution in [0.4, 0.5) is 0 Å². The van der Waals surface area contributed by atoms with E-state index in [2.05, 4.69) is 10.1 Å². The Morgan fingerprint density at radius 1 is 1.32 bits per heavy atom. The number of carboxylic acids is 1. The number of aromatic nitrogens is 2. The standard InChI is InChI=1S/C20H18ClN3O4/c21-11-2-3-14-13(10-11)12-5-9-24(18(25)15-4-8-22-28-15)17(16(12)23-14)20(19(26)27)6-1-7-20/h2-4,8,10,17,23H,1,5-7,9H2,(H,26,27). The van der Waals surface area contributed by atoms with Crippen LogP contribution in [0, 0.1) is 5.41 Å². The lowest BCUT2D eigenvalue weighted by Gasteiger charge is -2.50. The summed E-state index contributed by atoms with van der Waals surface area (Å²) in [6.07, 6.45) is 3.92. The Bertz CT molecular complexity index is 1080. The number of carboxylic acid groups (broad SMARTS) is 1. The molecule has 1 aliphatic carbocycles. The van der Waals surface area contributed by atoms with Crippen molar-refractivity contribution in [2.75, 3.05) is 6.54 Å². The van der Waals surface area contributed by atoms with Gasteiger partial charge in [-0.1, -0.05) is 23.2 Å². The summed E-state index contributed by atoms with van der Waals surface area (Å²) >= 11 is 6.19. The van der Waals surface area contributed by atoms with E-state index in [1.165, 1.54) is 12.3 Å². The number of H-pyrrole nitrogens is 1. The molecule has 2 aromatic heterocycles. The molecule has 144 valence electrons. The van der Waals surface area contributed by atoms with Crippen molar-refractivity contribution in [3.63, 3.8) is 0 Å². The number of halogens is 1. The van der Waals surface area contributed by atoms with Gasteiger partial charge in [-0.3, -0.25) is 9.59 Å². The third-order valence-corrected chi connectivity index (χ3v) is 6.43. The van der Waals surface area contributed by atoms with Crippen LogP contribution in [-0.2, 0) is 11.2 Å². The molecule has 2 aliphatic rings. The van der Waals surface area contributed by atoms with E-state index < -0.39 is 17.4 Å². The predicted molar refractivity (Wildman–Crippen MR) is 101 cm³/mol. The Balaban J connectivity index is 1.70. The molecule has 3 aromatic rings. The third kappa shape index (κ3) is 2.32. The molecular formula is C20H18ClN3O4. The molecule has 1 aromatic carbocycles. The molecule has 0 radical (unpaired) electrons. The van der Waals surface area contributed by atoms with Crippen LogP contribution >= 0.6 is 11.6 Å². The van der Waals surface area contributed by atoms with E-state index in [0.29, 0.717) is 30.8 Å². The molecule has 8 heteroatoms. The highest BCUT2D eigenvalue weighted by Crippen LogP contribution is 2.55. The lowest BCUT2D eigenvalue weighted by atomic mass is 9.61. The van der Waals surface area contributed by atoms with E-state index in [-0.39, 0.29) is 11.7 Å². The fourth-order valence-electron chi connectivity index (χ4n) is 4.68. The Labute approximate surface area is 165 Å². The number of aliphatic carboxylic acids is 1. The maximum Gasteiger partial charge on any atom is 0.312 e. The van der Waals surface area contributed by atoms with E-state index in [1.54, 1.807) is 11.0 Å². The van der Waals surface area contributed by atoms with Crippen molar-refractivity contribution in [3.05, 3.63) is 52.5 Å². The fraction of sp³-hybridized carbons (Fsp3) is 0.350. The molecule has 1 unspecified atom stereocenters. The molecule has 3 heterocycles. The van der Waals surface area contributed by atoms with E-state index in [0.717, 1.165) is 28.6 Å².